The molecule has 1 amide bonds. The van der Waals surface area contributed by atoms with Crippen LogP contribution in [0, 0.1) is 0 Å². The van der Waals surface area contributed by atoms with Crippen LogP contribution in [0.2, 0.25) is 0 Å². The maximum atomic E-state index is 10.5. The van der Waals surface area contributed by atoms with E-state index in [9.17, 15) is 4.79 Å². The number of hydrogen-bond donors (Lipinski definition) is 0. The third-order valence-corrected chi connectivity index (χ3v) is 2.36. The largest absolute Gasteiger partial charge is 0.382 e. The summed E-state index contributed by atoms with van der Waals surface area (Å²) in [6.45, 7) is 5.30. The van der Waals surface area contributed by atoms with E-state index in [1.54, 1.807) is 12.0 Å². The number of amides is 1. The van der Waals surface area contributed by atoms with E-state index in [1.807, 2.05) is 5.06 Å². The van der Waals surface area contributed by atoms with Gasteiger partial charge in [-0.25, -0.2) is 0 Å². The van der Waals surface area contributed by atoms with Crippen molar-refractivity contribution in [3.63, 3.8) is 0 Å². The van der Waals surface area contributed by atoms with Gasteiger partial charge >= 0.3 is 0 Å². The molecule has 0 aromatic carbocycles. The van der Waals surface area contributed by atoms with Gasteiger partial charge in [0.05, 0.1) is 26.4 Å². The SMILES string of the molecule is COCCOCCON1CCN(C=O)CC1. The lowest BCUT2D eigenvalue weighted by molar-refractivity contribution is -0.185. The smallest absolute Gasteiger partial charge is 0.209 e. The summed E-state index contributed by atoms with van der Waals surface area (Å²) < 4.78 is 10.1. The molecule has 0 aliphatic carbocycles. The third-order valence-electron chi connectivity index (χ3n) is 2.36. The highest BCUT2D eigenvalue weighted by Crippen LogP contribution is 1.99. The molecule has 0 bridgehead atoms. The predicted molar refractivity (Wildman–Crippen MR) is 57.9 cm³/mol. The summed E-state index contributed by atoms with van der Waals surface area (Å²) in [5, 5.41) is 1.87. The highest BCUT2D eigenvalue weighted by molar-refractivity contribution is 5.47. The van der Waals surface area contributed by atoms with Crippen molar-refractivity contribution >= 4 is 6.41 Å². The quantitative estimate of drug-likeness (QED) is 0.411. The number of piperazine rings is 1. The minimum atomic E-state index is 0.546. The van der Waals surface area contributed by atoms with Gasteiger partial charge in [0.25, 0.3) is 0 Å². The summed E-state index contributed by atoms with van der Waals surface area (Å²) in [4.78, 5) is 17.7. The number of ether oxygens (including phenoxy) is 2. The van der Waals surface area contributed by atoms with Gasteiger partial charge in [-0.1, -0.05) is 0 Å². The maximum absolute atomic E-state index is 10.5. The molecule has 1 fully saturated rings. The second kappa shape index (κ2) is 8.46. The van der Waals surface area contributed by atoms with E-state index in [1.165, 1.54) is 0 Å². The monoisotopic (exact) mass is 232 g/mol. The van der Waals surface area contributed by atoms with Crippen LogP contribution in [-0.4, -0.2) is 76.1 Å². The van der Waals surface area contributed by atoms with Crippen molar-refractivity contribution in [2.24, 2.45) is 0 Å². The number of carbonyl (C=O) groups excluding carboxylic acids is 1. The standard InChI is InChI=1S/C10H20N2O4/c1-14-6-7-15-8-9-16-12-4-2-11(10-13)3-5-12/h10H,2-9H2,1H3. The Morgan fingerprint density at radius 3 is 2.38 bits per heavy atom. The Morgan fingerprint density at radius 1 is 1.06 bits per heavy atom. The Labute approximate surface area is 96.0 Å². The lowest BCUT2D eigenvalue weighted by atomic mass is 10.4. The van der Waals surface area contributed by atoms with Gasteiger partial charge in [-0.3, -0.25) is 9.63 Å². The van der Waals surface area contributed by atoms with E-state index in [2.05, 4.69) is 0 Å². The molecule has 6 nitrogen and oxygen atoms in total. The van der Waals surface area contributed by atoms with Crippen LogP contribution in [0.25, 0.3) is 0 Å². The zero-order valence-corrected chi connectivity index (χ0v) is 9.76. The maximum Gasteiger partial charge on any atom is 0.209 e. The minimum absolute atomic E-state index is 0.546. The Kier molecular flexibility index (Phi) is 7.07. The van der Waals surface area contributed by atoms with Crippen molar-refractivity contribution < 1.29 is 19.1 Å². The summed E-state index contributed by atoms with van der Waals surface area (Å²) >= 11 is 0. The predicted octanol–water partition coefficient (Wildman–Crippen LogP) is -0.645. The van der Waals surface area contributed by atoms with E-state index in [4.69, 9.17) is 14.3 Å². The molecule has 1 saturated heterocycles. The highest BCUT2D eigenvalue weighted by Gasteiger charge is 2.15. The molecule has 0 radical (unpaired) electrons. The molecule has 0 aromatic heterocycles. The second-order valence-electron chi connectivity index (χ2n) is 3.51. The molecule has 16 heavy (non-hydrogen) atoms. The molecule has 0 saturated carbocycles. The first-order valence-corrected chi connectivity index (χ1v) is 5.50. The minimum Gasteiger partial charge on any atom is -0.382 e. The first-order chi connectivity index (χ1) is 7.86. The number of carbonyl (C=O) groups is 1. The van der Waals surface area contributed by atoms with Crippen molar-refractivity contribution in [2.45, 2.75) is 0 Å². The first kappa shape index (κ1) is 13.4. The molecule has 0 spiro atoms. The molecule has 0 unspecified atom stereocenters. The van der Waals surface area contributed by atoms with Crippen molar-refractivity contribution in [1.82, 2.24) is 9.96 Å². The van der Waals surface area contributed by atoms with Crippen molar-refractivity contribution in [3.8, 4) is 0 Å². The van der Waals surface area contributed by atoms with E-state index < -0.39 is 0 Å². The lowest BCUT2D eigenvalue weighted by Crippen LogP contribution is -2.45. The normalized spacial score (nSPS) is 17.7. The van der Waals surface area contributed by atoms with Crippen LogP contribution in [-0.2, 0) is 19.1 Å². The molecule has 1 aliphatic rings. The average molecular weight is 232 g/mol. The fraction of sp³-hybridized carbons (Fsp3) is 0.900. The van der Waals surface area contributed by atoms with Gasteiger partial charge in [0.15, 0.2) is 0 Å². The van der Waals surface area contributed by atoms with E-state index in [-0.39, 0.29) is 0 Å². The highest BCUT2D eigenvalue weighted by atomic mass is 16.7. The number of rotatable bonds is 8. The fourth-order valence-electron chi connectivity index (χ4n) is 1.41. The fourth-order valence-corrected chi connectivity index (χ4v) is 1.41. The molecule has 0 N–H and O–H groups in total. The van der Waals surface area contributed by atoms with Gasteiger partial charge in [-0.2, -0.15) is 5.06 Å². The second-order valence-corrected chi connectivity index (χ2v) is 3.51. The molecular weight excluding hydrogens is 212 g/mol. The van der Waals surface area contributed by atoms with Crippen LogP contribution in [0.15, 0.2) is 0 Å². The Bertz CT molecular complexity index is 184. The number of hydrogen-bond acceptors (Lipinski definition) is 5. The number of methoxy groups -OCH3 is 1. The zero-order valence-electron chi connectivity index (χ0n) is 9.76. The Morgan fingerprint density at radius 2 is 1.75 bits per heavy atom. The lowest BCUT2D eigenvalue weighted by Gasteiger charge is -2.31. The molecule has 1 aliphatic heterocycles. The van der Waals surface area contributed by atoms with Crippen molar-refractivity contribution in [2.75, 3.05) is 59.7 Å². The van der Waals surface area contributed by atoms with Crippen molar-refractivity contribution in [3.05, 3.63) is 0 Å². The van der Waals surface area contributed by atoms with Crippen molar-refractivity contribution in [1.29, 1.82) is 0 Å². The van der Waals surface area contributed by atoms with Gasteiger partial charge in [0.1, 0.15) is 0 Å². The van der Waals surface area contributed by atoms with Crippen LogP contribution in [0.1, 0.15) is 0 Å². The van der Waals surface area contributed by atoms with Gasteiger partial charge < -0.3 is 14.4 Å². The van der Waals surface area contributed by atoms with E-state index in [0.29, 0.717) is 26.4 Å². The molecule has 0 aromatic rings. The summed E-state index contributed by atoms with van der Waals surface area (Å²) in [5.74, 6) is 0. The van der Waals surface area contributed by atoms with Crippen LogP contribution in [0.3, 0.4) is 0 Å². The molecule has 94 valence electrons. The number of hydroxylamine groups is 2. The van der Waals surface area contributed by atoms with Gasteiger partial charge in [-0.15, -0.1) is 0 Å². The summed E-state index contributed by atoms with van der Waals surface area (Å²) in [7, 11) is 1.65. The molecule has 1 rings (SSSR count). The number of nitrogens with zero attached hydrogens (tertiary/aromatic N) is 2. The van der Waals surface area contributed by atoms with Gasteiger partial charge in [0, 0.05) is 33.3 Å². The van der Waals surface area contributed by atoms with Crippen LogP contribution in [0.5, 0.6) is 0 Å². The molecule has 1 heterocycles. The third kappa shape index (κ3) is 5.41. The molecule has 0 atom stereocenters. The van der Waals surface area contributed by atoms with Crippen LogP contribution in [0.4, 0.5) is 0 Å². The zero-order chi connectivity index (χ0) is 11.6. The van der Waals surface area contributed by atoms with Crippen LogP contribution >= 0.6 is 0 Å². The molecule has 6 heteroatoms. The molecular formula is C10H20N2O4. The van der Waals surface area contributed by atoms with E-state index >= 15 is 0 Å². The summed E-state index contributed by atoms with van der Waals surface area (Å²) in [5.41, 5.74) is 0. The summed E-state index contributed by atoms with van der Waals surface area (Å²) in [6, 6.07) is 0. The Hall–Kier alpha value is -0.690. The van der Waals surface area contributed by atoms with E-state index in [0.717, 1.165) is 32.6 Å². The topological polar surface area (TPSA) is 51.2 Å². The Balaban J connectivity index is 1.92. The van der Waals surface area contributed by atoms with Gasteiger partial charge in [-0.05, 0) is 0 Å². The van der Waals surface area contributed by atoms with Gasteiger partial charge in [0.2, 0.25) is 6.41 Å². The first-order valence-electron chi connectivity index (χ1n) is 5.50. The van der Waals surface area contributed by atoms with Crippen LogP contribution < -0.4 is 0 Å². The summed E-state index contributed by atoms with van der Waals surface area (Å²) in [6.07, 6.45) is 0.880. The average Bonchev–Trinajstić information content (AvgIpc) is 2.34.